The van der Waals surface area contributed by atoms with Gasteiger partial charge in [-0.3, -0.25) is 9.48 Å². The van der Waals surface area contributed by atoms with Crippen LogP contribution >= 0.6 is 0 Å². The normalized spacial score (nSPS) is 17.4. The molecule has 0 radical (unpaired) electrons. The molecule has 1 saturated heterocycles. The van der Waals surface area contributed by atoms with Crippen LogP contribution < -0.4 is 0 Å². The number of carbonyl (C=O) groups excluding carboxylic acids is 1. The van der Waals surface area contributed by atoms with Gasteiger partial charge in [-0.05, 0) is 62.6 Å². The molecule has 1 unspecified atom stereocenters. The first kappa shape index (κ1) is 16.6. The molecule has 3 heterocycles. The number of aromatic nitrogens is 4. The van der Waals surface area contributed by atoms with Crippen LogP contribution in [0.15, 0.2) is 55.0 Å². The fourth-order valence-corrected chi connectivity index (χ4v) is 3.56. The van der Waals surface area contributed by atoms with E-state index in [2.05, 4.69) is 10.2 Å². The van der Waals surface area contributed by atoms with E-state index in [9.17, 15) is 4.79 Å². The monoisotopic (exact) mass is 349 g/mol. The fraction of sp³-hybridized carbons (Fsp3) is 0.350. The average molecular weight is 349 g/mol. The van der Waals surface area contributed by atoms with Crippen molar-refractivity contribution < 1.29 is 4.79 Å². The molecular formula is C20H23N5O. The average Bonchev–Trinajstić information content (AvgIpc) is 3.34. The summed E-state index contributed by atoms with van der Waals surface area (Å²) in [4.78, 5) is 15.1. The number of aryl methyl sites for hydroxylation is 1. The van der Waals surface area contributed by atoms with Gasteiger partial charge in [0.05, 0.1) is 24.0 Å². The summed E-state index contributed by atoms with van der Waals surface area (Å²) in [5.41, 5.74) is 2.66. The van der Waals surface area contributed by atoms with Crippen molar-refractivity contribution in [3.63, 3.8) is 0 Å². The minimum absolute atomic E-state index is 0.102. The molecule has 1 aliphatic heterocycles. The van der Waals surface area contributed by atoms with Crippen molar-refractivity contribution >= 4 is 5.91 Å². The summed E-state index contributed by atoms with van der Waals surface area (Å²) in [5, 5.41) is 8.70. The Morgan fingerprint density at radius 1 is 1.15 bits per heavy atom. The van der Waals surface area contributed by atoms with E-state index in [-0.39, 0.29) is 11.9 Å². The Labute approximate surface area is 153 Å². The van der Waals surface area contributed by atoms with Crippen molar-refractivity contribution in [2.24, 2.45) is 0 Å². The van der Waals surface area contributed by atoms with Crippen LogP contribution in [0.25, 0.3) is 5.69 Å². The highest BCUT2D eigenvalue weighted by Crippen LogP contribution is 2.21. The maximum Gasteiger partial charge on any atom is 0.254 e. The van der Waals surface area contributed by atoms with E-state index in [1.807, 2.05) is 70.0 Å². The Morgan fingerprint density at radius 2 is 2.00 bits per heavy atom. The molecule has 4 rings (SSSR count). The molecule has 1 aromatic carbocycles. The standard InChI is InChI=1S/C20H23N5O/c1-16-10-14-25(22-16)18-8-6-17(7-9-18)20(26)24-13-3-2-5-19(24)15-23-12-4-11-21-23/h4,6-12,14,19H,2-3,5,13,15H2,1H3. The third kappa shape index (κ3) is 3.40. The van der Waals surface area contributed by atoms with Gasteiger partial charge in [0.25, 0.3) is 5.91 Å². The van der Waals surface area contributed by atoms with Gasteiger partial charge < -0.3 is 4.90 Å². The molecule has 1 amide bonds. The van der Waals surface area contributed by atoms with Crippen LogP contribution in [0.4, 0.5) is 0 Å². The first-order valence-electron chi connectivity index (χ1n) is 9.12. The number of amides is 1. The van der Waals surface area contributed by atoms with Crippen molar-refractivity contribution in [1.82, 2.24) is 24.5 Å². The lowest BCUT2D eigenvalue weighted by Gasteiger charge is -2.35. The van der Waals surface area contributed by atoms with Gasteiger partial charge in [-0.2, -0.15) is 10.2 Å². The van der Waals surface area contributed by atoms with Gasteiger partial charge in [-0.1, -0.05) is 0 Å². The maximum absolute atomic E-state index is 13.1. The number of hydrogen-bond donors (Lipinski definition) is 0. The minimum Gasteiger partial charge on any atom is -0.334 e. The van der Waals surface area contributed by atoms with Gasteiger partial charge in [0.15, 0.2) is 0 Å². The summed E-state index contributed by atoms with van der Waals surface area (Å²) in [6, 6.07) is 11.8. The van der Waals surface area contributed by atoms with Gasteiger partial charge in [0.2, 0.25) is 0 Å². The molecule has 2 aromatic heterocycles. The van der Waals surface area contributed by atoms with E-state index in [0.717, 1.165) is 49.3 Å². The molecule has 0 bridgehead atoms. The van der Waals surface area contributed by atoms with E-state index in [4.69, 9.17) is 0 Å². The number of piperidine rings is 1. The SMILES string of the molecule is Cc1ccn(-c2ccc(C(=O)N3CCCCC3Cn3cccn3)cc2)n1. The lowest BCUT2D eigenvalue weighted by molar-refractivity contribution is 0.0584. The van der Waals surface area contributed by atoms with Crippen molar-refractivity contribution in [2.45, 2.75) is 38.8 Å². The largest absolute Gasteiger partial charge is 0.334 e. The quantitative estimate of drug-likeness (QED) is 0.727. The summed E-state index contributed by atoms with van der Waals surface area (Å²) in [5.74, 6) is 0.102. The zero-order chi connectivity index (χ0) is 17.9. The predicted molar refractivity (Wildman–Crippen MR) is 99.2 cm³/mol. The first-order chi connectivity index (χ1) is 12.7. The predicted octanol–water partition coefficient (Wildman–Crippen LogP) is 3.07. The second-order valence-electron chi connectivity index (χ2n) is 6.82. The van der Waals surface area contributed by atoms with Crippen LogP contribution in [-0.4, -0.2) is 43.0 Å². The zero-order valence-electron chi connectivity index (χ0n) is 15.0. The van der Waals surface area contributed by atoms with Crippen molar-refractivity contribution in [1.29, 1.82) is 0 Å². The smallest absolute Gasteiger partial charge is 0.254 e. The molecule has 134 valence electrons. The van der Waals surface area contributed by atoms with Gasteiger partial charge in [0, 0.05) is 30.7 Å². The molecule has 1 atom stereocenters. The third-order valence-corrected chi connectivity index (χ3v) is 4.95. The Hall–Kier alpha value is -2.89. The number of benzene rings is 1. The van der Waals surface area contributed by atoms with E-state index in [1.165, 1.54) is 0 Å². The topological polar surface area (TPSA) is 56.0 Å². The van der Waals surface area contributed by atoms with E-state index >= 15 is 0 Å². The Kier molecular flexibility index (Phi) is 4.56. The lowest BCUT2D eigenvalue weighted by Crippen LogP contribution is -2.45. The van der Waals surface area contributed by atoms with E-state index < -0.39 is 0 Å². The minimum atomic E-state index is 0.102. The highest BCUT2D eigenvalue weighted by Gasteiger charge is 2.27. The molecule has 0 saturated carbocycles. The summed E-state index contributed by atoms with van der Waals surface area (Å²) >= 11 is 0. The first-order valence-corrected chi connectivity index (χ1v) is 9.12. The van der Waals surface area contributed by atoms with Crippen molar-refractivity contribution in [3.05, 3.63) is 66.2 Å². The van der Waals surface area contributed by atoms with Crippen LogP contribution in [0.3, 0.4) is 0 Å². The molecule has 26 heavy (non-hydrogen) atoms. The molecule has 0 aliphatic carbocycles. The van der Waals surface area contributed by atoms with Gasteiger partial charge in [-0.15, -0.1) is 0 Å². The number of hydrogen-bond acceptors (Lipinski definition) is 3. The van der Waals surface area contributed by atoms with Gasteiger partial charge >= 0.3 is 0 Å². The fourth-order valence-electron chi connectivity index (χ4n) is 3.56. The molecular weight excluding hydrogens is 326 g/mol. The summed E-state index contributed by atoms with van der Waals surface area (Å²) in [6.45, 7) is 3.53. The second kappa shape index (κ2) is 7.15. The maximum atomic E-state index is 13.1. The molecule has 3 aromatic rings. The highest BCUT2D eigenvalue weighted by molar-refractivity contribution is 5.94. The summed E-state index contributed by atoms with van der Waals surface area (Å²) in [6.07, 6.45) is 8.91. The molecule has 6 heteroatoms. The van der Waals surface area contributed by atoms with Gasteiger partial charge in [0.1, 0.15) is 0 Å². The van der Waals surface area contributed by atoms with Crippen LogP contribution in [0.2, 0.25) is 0 Å². The zero-order valence-corrected chi connectivity index (χ0v) is 15.0. The lowest BCUT2D eigenvalue weighted by atomic mass is 10.0. The Morgan fingerprint density at radius 3 is 2.69 bits per heavy atom. The number of nitrogens with zero attached hydrogens (tertiary/aromatic N) is 5. The molecule has 0 spiro atoms. The summed E-state index contributed by atoms with van der Waals surface area (Å²) < 4.78 is 3.74. The van der Waals surface area contributed by atoms with E-state index in [0.29, 0.717) is 0 Å². The number of carbonyl (C=O) groups is 1. The molecule has 1 fully saturated rings. The summed E-state index contributed by atoms with van der Waals surface area (Å²) in [7, 11) is 0. The van der Waals surface area contributed by atoms with Crippen LogP contribution in [0.5, 0.6) is 0 Å². The van der Waals surface area contributed by atoms with Crippen molar-refractivity contribution in [2.75, 3.05) is 6.54 Å². The Balaban J connectivity index is 1.51. The van der Waals surface area contributed by atoms with E-state index in [1.54, 1.807) is 6.20 Å². The van der Waals surface area contributed by atoms with Gasteiger partial charge in [-0.25, -0.2) is 4.68 Å². The molecule has 1 aliphatic rings. The van der Waals surface area contributed by atoms with Crippen LogP contribution in [0, 0.1) is 6.92 Å². The van der Waals surface area contributed by atoms with Crippen molar-refractivity contribution in [3.8, 4) is 5.69 Å². The molecule has 6 nitrogen and oxygen atoms in total. The molecule has 0 N–H and O–H groups in total. The second-order valence-corrected chi connectivity index (χ2v) is 6.82. The number of rotatable bonds is 4. The highest BCUT2D eigenvalue weighted by atomic mass is 16.2. The number of likely N-dealkylation sites (tertiary alicyclic amines) is 1. The van der Waals surface area contributed by atoms with Crippen LogP contribution in [0.1, 0.15) is 35.3 Å². The Bertz CT molecular complexity index is 866. The third-order valence-electron chi connectivity index (χ3n) is 4.95. The van der Waals surface area contributed by atoms with Crippen LogP contribution in [-0.2, 0) is 6.54 Å².